The van der Waals surface area contributed by atoms with E-state index < -0.39 is 0 Å². The summed E-state index contributed by atoms with van der Waals surface area (Å²) in [5.74, 6) is 1.61. The Balaban J connectivity index is 1.92. The lowest BCUT2D eigenvalue weighted by Gasteiger charge is -2.30. The highest BCUT2D eigenvalue weighted by Gasteiger charge is 2.28. The molecule has 1 aromatic carbocycles. The summed E-state index contributed by atoms with van der Waals surface area (Å²) in [5, 5.41) is 5.49. The van der Waals surface area contributed by atoms with E-state index >= 15 is 0 Å². The maximum atomic E-state index is 6.04. The third-order valence-corrected chi connectivity index (χ3v) is 4.33. The summed E-state index contributed by atoms with van der Waals surface area (Å²) in [5.41, 5.74) is 0.945. The molecule has 0 bridgehead atoms. The van der Waals surface area contributed by atoms with Crippen molar-refractivity contribution in [1.29, 1.82) is 0 Å². The lowest BCUT2D eigenvalue weighted by Crippen LogP contribution is -2.36. The van der Waals surface area contributed by atoms with E-state index in [9.17, 15) is 0 Å². The second-order valence-electron chi connectivity index (χ2n) is 5.39. The fourth-order valence-corrected chi connectivity index (χ4v) is 3.38. The van der Waals surface area contributed by atoms with Crippen LogP contribution in [0.25, 0.3) is 11.0 Å². The number of halogens is 1. The molecule has 0 radical (unpaired) electrons. The number of rotatable bonds is 3. The fourth-order valence-electron chi connectivity index (χ4n) is 3.20. The van der Waals surface area contributed by atoms with Gasteiger partial charge in [-0.05, 0) is 43.7 Å². The summed E-state index contributed by atoms with van der Waals surface area (Å²) >= 11 is 6.04. The Morgan fingerprint density at radius 3 is 2.95 bits per heavy atom. The molecule has 0 amide bonds. The van der Waals surface area contributed by atoms with Crippen molar-refractivity contribution in [1.82, 2.24) is 5.32 Å². The number of fused-ring (bicyclic) bond motifs is 1. The number of hydrogen-bond acceptors (Lipinski definition) is 2. The zero-order chi connectivity index (χ0) is 13.2. The number of likely N-dealkylation sites (N-methyl/N-ethyl adjacent to an activating group) is 1. The minimum atomic E-state index is 0.500. The third kappa shape index (κ3) is 2.65. The van der Waals surface area contributed by atoms with E-state index in [-0.39, 0.29) is 0 Å². The van der Waals surface area contributed by atoms with Gasteiger partial charge in [-0.1, -0.05) is 31.4 Å². The normalized spacial score (nSPS) is 23.9. The van der Waals surface area contributed by atoms with Crippen molar-refractivity contribution in [3.63, 3.8) is 0 Å². The largest absolute Gasteiger partial charge is 0.461 e. The first-order valence-electron chi connectivity index (χ1n) is 7.20. The average molecular weight is 278 g/mol. The van der Waals surface area contributed by atoms with Gasteiger partial charge < -0.3 is 9.73 Å². The molecular weight excluding hydrogens is 258 g/mol. The maximum Gasteiger partial charge on any atom is 0.134 e. The van der Waals surface area contributed by atoms with E-state index in [0.29, 0.717) is 12.0 Å². The molecule has 3 heteroatoms. The highest BCUT2D eigenvalue weighted by molar-refractivity contribution is 6.31. The molecule has 0 saturated heterocycles. The average Bonchev–Trinajstić information content (AvgIpc) is 2.82. The highest BCUT2D eigenvalue weighted by atomic mass is 35.5. The summed E-state index contributed by atoms with van der Waals surface area (Å²) < 4.78 is 6.04. The minimum Gasteiger partial charge on any atom is -0.461 e. The number of nitrogens with one attached hydrogen (secondary N) is 1. The first-order chi connectivity index (χ1) is 9.28. The molecule has 1 aliphatic carbocycles. The molecule has 1 saturated carbocycles. The summed E-state index contributed by atoms with van der Waals surface area (Å²) in [6, 6.07) is 8.55. The van der Waals surface area contributed by atoms with Crippen molar-refractivity contribution in [3.05, 3.63) is 35.0 Å². The lowest BCUT2D eigenvalue weighted by molar-refractivity contribution is 0.301. The van der Waals surface area contributed by atoms with Crippen molar-refractivity contribution < 1.29 is 4.42 Å². The first-order valence-corrected chi connectivity index (χ1v) is 7.58. The fraction of sp³-hybridized carbons (Fsp3) is 0.500. The Labute approximate surface area is 119 Å². The molecule has 2 atom stereocenters. The van der Waals surface area contributed by atoms with Gasteiger partial charge in [0.2, 0.25) is 0 Å². The van der Waals surface area contributed by atoms with E-state index in [1.54, 1.807) is 0 Å². The van der Waals surface area contributed by atoms with Gasteiger partial charge >= 0.3 is 0 Å². The van der Waals surface area contributed by atoms with Gasteiger partial charge in [0.05, 0.1) is 0 Å². The monoisotopic (exact) mass is 277 g/mol. The predicted octanol–water partition coefficient (Wildman–Crippen LogP) is 4.72. The van der Waals surface area contributed by atoms with Crippen LogP contribution in [-0.4, -0.2) is 12.6 Å². The van der Waals surface area contributed by atoms with Gasteiger partial charge in [-0.15, -0.1) is 0 Å². The molecule has 0 spiro atoms. The Morgan fingerprint density at radius 1 is 1.26 bits per heavy atom. The van der Waals surface area contributed by atoms with E-state index in [1.165, 1.54) is 25.7 Å². The van der Waals surface area contributed by atoms with Crippen LogP contribution in [0.4, 0.5) is 0 Å². The molecule has 1 N–H and O–H groups in total. The standard InChI is InChI=1S/C16H20ClNO/c1-2-18-14-6-4-3-5-13(14)16-10-11-9-12(17)7-8-15(11)19-16/h7-10,13-14,18H,2-6H2,1H3. The Bertz CT molecular complexity index is 561. The van der Waals surface area contributed by atoms with E-state index in [4.69, 9.17) is 16.0 Å². The molecule has 2 unspecified atom stereocenters. The molecule has 1 heterocycles. The first kappa shape index (κ1) is 13.0. The summed E-state index contributed by atoms with van der Waals surface area (Å²) in [7, 11) is 0. The molecule has 0 aliphatic heterocycles. The maximum absolute atomic E-state index is 6.04. The quantitative estimate of drug-likeness (QED) is 0.878. The second kappa shape index (κ2) is 5.56. The van der Waals surface area contributed by atoms with Crippen LogP contribution in [0.2, 0.25) is 5.02 Å². The Kier molecular flexibility index (Phi) is 3.81. The van der Waals surface area contributed by atoms with Crippen LogP contribution in [0.3, 0.4) is 0 Å². The molecule has 1 fully saturated rings. The van der Waals surface area contributed by atoms with Crippen LogP contribution in [0.5, 0.6) is 0 Å². The number of benzene rings is 1. The summed E-state index contributed by atoms with van der Waals surface area (Å²) in [6.07, 6.45) is 5.08. The van der Waals surface area contributed by atoms with Gasteiger partial charge in [0.1, 0.15) is 11.3 Å². The van der Waals surface area contributed by atoms with Crippen molar-refractivity contribution in [2.45, 2.75) is 44.6 Å². The molecule has 1 aromatic heterocycles. The minimum absolute atomic E-state index is 0.500. The van der Waals surface area contributed by atoms with Crippen LogP contribution in [0, 0.1) is 0 Å². The van der Waals surface area contributed by atoms with Gasteiger partial charge in [0, 0.05) is 22.4 Å². The molecule has 102 valence electrons. The number of hydrogen-bond donors (Lipinski definition) is 1. The Hall–Kier alpha value is -0.990. The molecule has 3 rings (SSSR count). The number of furan rings is 1. The third-order valence-electron chi connectivity index (χ3n) is 4.10. The smallest absolute Gasteiger partial charge is 0.134 e. The van der Waals surface area contributed by atoms with Crippen LogP contribution in [-0.2, 0) is 0 Å². The van der Waals surface area contributed by atoms with Crippen molar-refractivity contribution in [2.75, 3.05) is 6.54 Å². The molecular formula is C16H20ClNO. The zero-order valence-electron chi connectivity index (χ0n) is 11.3. The molecule has 2 nitrogen and oxygen atoms in total. The van der Waals surface area contributed by atoms with Crippen LogP contribution >= 0.6 is 11.6 Å². The van der Waals surface area contributed by atoms with E-state index in [1.807, 2.05) is 18.2 Å². The second-order valence-corrected chi connectivity index (χ2v) is 5.82. The Morgan fingerprint density at radius 2 is 2.11 bits per heavy atom. The van der Waals surface area contributed by atoms with Gasteiger partial charge in [-0.25, -0.2) is 0 Å². The zero-order valence-corrected chi connectivity index (χ0v) is 12.0. The van der Waals surface area contributed by atoms with Gasteiger partial charge in [0.15, 0.2) is 0 Å². The molecule has 2 aromatic rings. The van der Waals surface area contributed by atoms with Crippen molar-refractivity contribution >= 4 is 22.6 Å². The van der Waals surface area contributed by atoms with E-state index in [0.717, 1.165) is 28.3 Å². The summed E-state index contributed by atoms with van der Waals surface area (Å²) in [4.78, 5) is 0. The van der Waals surface area contributed by atoms with Crippen LogP contribution < -0.4 is 5.32 Å². The predicted molar refractivity (Wildman–Crippen MR) is 79.9 cm³/mol. The molecule has 19 heavy (non-hydrogen) atoms. The van der Waals surface area contributed by atoms with Gasteiger partial charge in [0.25, 0.3) is 0 Å². The lowest BCUT2D eigenvalue weighted by atomic mass is 9.83. The highest BCUT2D eigenvalue weighted by Crippen LogP contribution is 2.36. The van der Waals surface area contributed by atoms with Crippen LogP contribution in [0.1, 0.15) is 44.3 Å². The SMILES string of the molecule is CCNC1CCCCC1c1cc2cc(Cl)ccc2o1. The van der Waals surface area contributed by atoms with Crippen molar-refractivity contribution in [3.8, 4) is 0 Å². The molecule has 1 aliphatic rings. The van der Waals surface area contributed by atoms with Gasteiger partial charge in [-0.2, -0.15) is 0 Å². The van der Waals surface area contributed by atoms with E-state index in [2.05, 4.69) is 18.3 Å². The van der Waals surface area contributed by atoms with Crippen molar-refractivity contribution in [2.24, 2.45) is 0 Å². The van der Waals surface area contributed by atoms with Gasteiger partial charge in [-0.3, -0.25) is 0 Å². The topological polar surface area (TPSA) is 25.2 Å². The van der Waals surface area contributed by atoms with Crippen LogP contribution in [0.15, 0.2) is 28.7 Å². The summed E-state index contributed by atoms with van der Waals surface area (Å²) in [6.45, 7) is 3.19.